The summed E-state index contributed by atoms with van der Waals surface area (Å²) in [5.41, 5.74) is 2.54. The van der Waals surface area contributed by atoms with Gasteiger partial charge in [-0.25, -0.2) is 0 Å². The monoisotopic (exact) mass is 381 g/mol. The molecule has 2 N–H and O–H groups in total. The molecule has 3 rings (SSSR count). The molecule has 1 saturated heterocycles. The summed E-state index contributed by atoms with van der Waals surface area (Å²) in [6, 6.07) is 14.9. The first-order valence-electron chi connectivity index (χ1n) is 9.73. The van der Waals surface area contributed by atoms with Crippen molar-refractivity contribution in [2.75, 3.05) is 37.0 Å². The van der Waals surface area contributed by atoms with Gasteiger partial charge < -0.3 is 20.3 Å². The minimum Gasteiger partial charge on any atom is -0.497 e. The maximum absolute atomic E-state index is 12.2. The van der Waals surface area contributed by atoms with E-state index in [1.165, 1.54) is 12.8 Å². The Bertz CT molecular complexity index is 799. The van der Waals surface area contributed by atoms with Crippen molar-refractivity contribution in [3.8, 4) is 5.75 Å². The van der Waals surface area contributed by atoms with Crippen LogP contribution in [-0.4, -0.2) is 38.6 Å². The Hall–Kier alpha value is -3.02. The zero-order chi connectivity index (χ0) is 19.8. The molecule has 1 fully saturated rings. The van der Waals surface area contributed by atoms with Gasteiger partial charge in [0.25, 0.3) is 5.91 Å². The fourth-order valence-electron chi connectivity index (χ4n) is 3.27. The van der Waals surface area contributed by atoms with Crippen LogP contribution in [0.3, 0.4) is 0 Å². The molecule has 0 radical (unpaired) electrons. The van der Waals surface area contributed by atoms with Gasteiger partial charge in [-0.1, -0.05) is 6.07 Å². The number of carbonyl (C=O) groups excluding carboxylic acids is 2. The molecule has 0 atom stereocenters. The second kappa shape index (κ2) is 9.78. The Kier molecular flexibility index (Phi) is 6.89. The van der Waals surface area contributed by atoms with Crippen molar-refractivity contribution < 1.29 is 14.3 Å². The van der Waals surface area contributed by atoms with Crippen molar-refractivity contribution in [1.82, 2.24) is 5.32 Å². The first kappa shape index (κ1) is 19.7. The number of ether oxygens (including phenoxy) is 1. The van der Waals surface area contributed by atoms with E-state index in [0.717, 1.165) is 24.5 Å². The Morgan fingerprint density at radius 3 is 2.54 bits per heavy atom. The van der Waals surface area contributed by atoms with E-state index >= 15 is 0 Å². The Labute approximate surface area is 165 Å². The first-order chi connectivity index (χ1) is 13.7. The Morgan fingerprint density at radius 1 is 1.07 bits per heavy atom. The van der Waals surface area contributed by atoms with Gasteiger partial charge >= 0.3 is 0 Å². The predicted octanol–water partition coefficient (Wildman–Crippen LogP) is 3.44. The van der Waals surface area contributed by atoms with E-state index in [2.05, 4.69) is 21.6 Å². The molecule has 0 saturated carbocycles. The summed E-state index contributed by atoms with van der Waals surface area (Å²) in [6.07, 6.45) is 3.38. The van der Waals surface area contributed by atoms with Gasteiger partial charge in [-0.2, -0.15) is 0 Å². The predicted molar refractivity (Wildman–Crippen MR) is 111 cm³/mol. The SMILES string of the molecule is COc1ccc(C(=O)NCCCC(=O)Nc2cccc(N3CCCC3)c2)cc1. The van der Waals surface area contributed by atoms with E-state index in [0.29, 0.717) is 30.7 Å². The third-order valence-corrected chi connectivity index (χ3v) is 4.82. The quantitative estimate of drug-likeness (QED) is 0.687. The van der Waals surface area contributed by atoms with Crippen LogP contribution >= 0.6 is 0 Å². The number of rotatable bonds is 8. The maximum atomic E-state index is 12.2. The van der Waals surface area contributed by atoms with Crippen LogP contribution in [0.15, 0.2) is 48.5 Å². The minimum atomic E-state index is -0.152. The highest BCUT2D eigenvalue weighted by molar-refractivity contribution is 5.94. The van der Waals surface area contributed by atoms with E-state index in [4.69, 9.17) is 4.74 Å². The summed E-state index contributed by atoms with van der Waals surface area (Å²) in [4.78, 5) is 26.6. The molecule has 2 aromatic carbocycles. The molecular formula is C22H27N3O3. The molecule has 0 unspecified atom stereocenters. The summed E-state index contributed by atoms with van der Waals surface area (Å²) in [6.45, 7) is 2.60. The van der Waals surface area contributed by atoms with Crippen molar-refractivity contribution in [1.29, 1.82) is 0 Å². The number of anilines is 2. The maximum Gasteiger partial charge on any atom is 0.251 e. The van der Waals surface area contributed by atoms with Gasteiger partial charge in [-0.05, 0) is 61.7 Å². The van der Waals surface area contributed by atoms with Gasteiger partial charge in [0, 0.05) is 43.0 Å². The molecule has 2 amide bonds. The van der Waals surface area contributed by atoms with Crippen LogP contribution in [0.2, 0.25) is 0 Å². The molecule has 0 aromatic heterocycles. The molecule has 6 nitrogen and oxygen atoms in total. The number of amides is 2. The van der Waals surface area contributed by atoms with Gasteiger partial charge in [0.2, 0.25) is 5.91 Å². The third kappa shape index (κ3) is 5.49. The topological polar surface area (TPSA) is 70.7 Å². The molecule has 0 spiro atoms. The lowest BCUT2D eigenvalue weighted by atomic mass is 10.2. The van der Waals surface area contributed by atoms with Gasteiger partial charge in [0.15, 0.2) is 0 Å². The second-order valence-electron chi connectivity index (χ2n) is 6.88. The normalized spacial score (nSPS) is 13.2. The second-order valence-corrected chi connectivity index (χ2v) is 6.88. The van der Waals surface area contributed by atoms with E-state index in [-0.39, 0.29) is 11.8 Å². The van der Waals surface area contributed by atoms with Gasteiger partial charge in [-0.3, -0.25) is 9.59 Å². The van der Waals surface area contributed by atoms with Crippen LogP contribution in [0, 0.1) is 0 Å². The van der Waals surface area contributed by atoms with Crippen LogP contribution in [0.25, 0.3) is 0 Å². The first-order valence-corrected chi connectivity index (χ1v) is 9.73. The number of methoxy groups -OCH3 is 1. The van der Waals surface area contributed by atoms with Crippen molar-refractivity contribution in [3.05, 3.63) is 54.1 Å². The van der Waals surface area contributed by atoms with E-state index < -0.39 is 0 Å². The lowest BCUT2D eigenvalue weighted by Crippen LogP contribution is -2.25. The fraction of sp³-hybridized carbons (Fsp3) is 0.364. The fourth-order valence-corrected chi connectivity index (χ4v) is 3.27. The lowest BCUT2D eigenvalue weighted by Gasteiger charge is -2.18. The zero-order valence-electron chi connectivity index (χ0n) is 16.2. The molecule has 6 heteroatoms. The number of hydrogen-bond donors (Lipinski definition) is 2. The molecule has 1 aliphatic rings. The lowest BCUT2D eigenvalue weighted by molar-refractivity contribution is -0.116. The van der Waals surface area contributed by atoms with E-state index in [1.54, 1.807) is 31.4 Å². The standard InChI is InChI=1S/C22H27N3O3/c1-28-20-11-9-17(10-12-20)22(27)23-13-5-8-21(26)24-18-6-4-7-19(16-18)25-14-2-3-15-25/h4,6-7,9-12,16H,2-3,5,8,13-15H2,1H3,(H,23,27)(H,24,26). The van der Waals surface area contributed by atoms with Crippen LogP contribution in [0.5, 0.6) is 5.75 Å². The molecule has 0 aliphatic carbocycles. The van der Waals surface area contributed by atoms with Crippen LogP contribution < -0.4 is 20.3 Å². The van der Waals surface area contributed by atoms with E-state index in [1.807, 2.05) is 18.2 Å². The summed E-state index contributed by atoms with van der Waals surface area (Å²) in [5, 5.41) is 5.78. The number of nitrogens with zero attached hydrogens (tertiary/aromatic N) is 1. The summed E-state index contributed by atoms with van der Waals surface area (Å²) in [7, 11) is 1.59. The third-order valence-electron chi connectivity index (χ3n) is 4.82. The van der Waals surface area contributed by atoms with Crippen molar-refractivity contribution >= 4 is 23.2 Å². The average molecular weight is 381 g/mol. The van der Waals surface area contributed by atoms with Gasteiger partial charge in [0.05, 0.1) is 7.11 Å². The average Bonchev–Trinajstić information content (AvgIpc) is 3.26. The van der Waals surface area contributed by atoms with E-state index in [9.17, 15) is 9.59 Å². The van der Waals surface area contributed by atoms with Gasteiger partial charge in [-0.15, -0.1) is 0 Å². The molecular weight excluding hydrogens is 354 g/mol. The molecule has 28 heavy (non-hydrogen) atoms. The largest absolute Gasteiger partial charge is 0.497 e. The van der Waals surface area contributed by atoms with Crippen molar-refractivity contribution in [2.24, 2.45) is 0 Å². The highest BCUT2D eigenvalue weighted by Crippen LogP contribution is 2.23. The van der Waals surface area contributed by atoms with Gasteiger partial charge in [0.1, 0.15) is 5.75 Å². The Morgan fingerprint density at radius 2 is 1.82 bits per heavy atom. The number of nitrogens with one attached hydrogen (secondary N) is 2. The highest BCUT2D eigenvalue weighted by Gasteiger charge is 2.13. The minimum absolute atomic E-state index is 0.0442. The molecule has 2 aromatic rings. The molecule has 1 aliphatic heterocycles. The number of benzene rings is 2. The number of carbonyl (C=O) groups is 2. The van der Waals surface area contributed by atoms with Crippen molar-refractivity contribution in [2.45, 2.75) is 25.7 Å². The summed E-state index contributed by atoms with van der Waals surface area (Å²) in [5.74, 6) is 0.515. The molecule has 148 valence electrons. The highest BCUT2D eigenvalue weighted by atomic mass is 16.5. The zero-order valence-corrected chi connectivity index (χ0v) is 16.2. The molecule has 1 heterocycles. The number of hydrogen-bond acceptors (Lipinski definition) is 4. The van der Waals surface area contributed by atoms with Crippen molar-refractivity contribution in [3.63, 3.8) is 0 Å². The smallest absolute Gasteiger partial charge is 0.251 e. The van der Waals surface area contributed by atoms with Crippen LogP contribution in [0.4, 0.5) is 11.4 Å². The summed E-state index contributed by atoms with van der Waals surface area (Å²) >= 11 is 0. The van der Waals surface area contributed by atoms with Crippen LogP contribution in [-0.2, 0) is 4.79 Å². The van der Waals surface area contributed by atoms with Crippen LogP contribution in [0.1, 0.15) is 36.0 Å². The molecule has 0 bridgehead atoms. The Balaban J connectivity index is 1.39. The summed E-state index contributed by atoms with van der Waals surface area (Å²) < 4.78 is 5.08.